The molecule has 0 amide bonds. The van der Waals surface area contributed by atoms with Crippen molar-refractivity contribution in [3.8, 4) is 5.75 Å². The summed E-state index contributed by atoms with van der Waals surface area (Å²) in [5.74, 6) is 0.940. The molecule has 2 atom stereocenters. The Labute approximate surface area is 189 Å². The summed E-state index contributed by atoms with van der Waals surface area (Å²) in [6.07, 6.45) is 2.00. The minimum absolute atomic E-state index is 0. The Kier molecular flexibility index (Phi) is 8.04. The van der Waals surface area contributed by atoms with Crippen molar-refractivity contribution >= 4 is 18.1 Å². The van der Waals surface area contributed by atoms with Gasteiger partial charge < -0.3 is 9.64 Å². The van der Waals surface area contributed by atoms with E-state index in [0.717, 1.165) is 32.5 Å². The number of hydrogen-bond donors (Lipinski definition) is 0. The van der Waals surface area contributed by atoms with Crippen molar-refractivity contribution in [2.24, 2.45) is 0 Å². The van der Waals surface area contributed by atoms with Gasteiger partial charge >= 0.3 is 0 Å². The first-order valence-corrected chi connectivity index (χ1v) is 10.4. The number of nitrogens with zero attached hydrogens (tertiary/aromatic N) is 2. The monoisotopic (exact) mass is 438 g/mol. The first kappa shape index (κ1) is 22.8. The smallest absolute Gasteiger partial charge is 0.269 e. The number of likely N-dealkylation sites (tertiary alicyclic amines) is 1. The first-order valence-electron chi connectivity index (χ1n) is 10.4. The van der Waals surface area contributed by atoms with Gasteiger partial charge in [0.05, 0.1) is 4.92 Å². The molecule has 0 radical (unpaired) electrons. The molecule has 6 heteroatoms. The number of ether oxygens (including phenoxy) is 1. The molecular weight excluding hydrogens is 412 g/mol. The quantitative estimate of drug-likeness (QED) is 0.361. The number of hydrogen-bond acceptors (Lipinski definition) is 4. The molecule has 0 aromatic heterocycles. The van der Waals surface area contributed by atoms with E-state index in [2.05, 4.69) is 59.5 Å². The third kappa shape index (κ3) is 6.06. The third-order valence-corrected chi connectivity index (χ3v) is 5.76. The van der Waals surface area contributed by atoms with Crippen molar-refractivity contribution in [3.05, 3.63) is 106 Å². The Morgan fingerprint density at radius 1 is 0.935 bits per heavy atom. The molecule has 3 aromatic rings. The lowest BCUT2D eigenvalue weighted by Crippen LogP contribution is -2.44. The van der Waals surface area contributed by atoms with E-state index in [4.69, 9.17) is 4.74 Å². The van der Waals surface area contributed by atoms with E-state index in [1.54, 1.807) is 12.1 Å². The third-order valence-electron chi connectivity index (χ3n) is 5.76. The van der Waals surface area contributed by atoms with Crippen LogP contribution in [0.3, 0.4) is 0 Å². The van der Waals surface area contributed by atoms with Gasteiger partial charge in [-0.3, -0.25) is 10.1 Å². The first-order chi connectivity index (χ1) is 14.7. The highest BCUT2D eigenvalue weighted by Gasteiger charge is 2.32. The predicted octanol–water partition coefficient (Wildman–Crippen LogP) is 5.50. The molecular formula is C25H27ClN2O3. The summed E-state index contributed by atoms with van der Waals surface area (Å²) in [4.78, 5) is 13.0. The molecule has 0 aliphatic carbocycles. The standard InChI is InChI=1S/C25H26N2O3.ClH/c28-27(29)22-11-13-23(14-12-22)30-25-16-18-26(17-15-20-7-3-1-4-8-20)19-24(25)21-9-5-2-6-10-21;/h1-14,24-25H,15-19H2;1H. The van der Waals surface area contributed by atoms with Crippen molar-refractivity contribution in [2.45, 2.75) is 24.9 Å². The van der Waals surface area contributed by atoms with Crippen LogP contribution in [0, 0.1) is 10.1 Å². The van der Waals surface area contributed by atoms with E-state index < -0.39 is 0 Å². The summed E-state index contributed by atoms with van der Waals surface area (Å²) in [5.41, 5.74) is 2.71. The van der Waals surface area contributed by atoms with Crippen molar-refractivity contribution in [1.82, 2.24) is 4.90 Å². The van der Waals surface area contributed by atoms with Gasteiger partial charge in [-0.2, -0.15) is 0 Å². The fourth-order valence-electron chi connectivity index (χ4n) is 4.12. The van der Waals surface area contributed by atoms with Gasteiger partial charge in [-0.25, -0.2) is 0 Å². The summed E-state index contributed by atoms with van der Waals surface area (Å²) >= 11 is 0. The highest BCUT2D eigenvalue weighted by Crippen LogP contribution is 2.31. The fourth-order valence-corrected chi connectivity index (χ4v) is 4.12. The molecule has 3 aromatic carbocycles. The maximum Gasteiger partial charge on any atom is 0.269 e. The lowest BCUT2D eigenvalue weighted by atomic mass is 9.87. The Balaban J connectivity index is 0.00000272. The number of nitro groups is 1. The zero-order chi connectivity index (χ0) is 20.8. The van der Waals surface area contributed by atoms with Crippen molar-refractivity contribution in [3.63, 3.8) is 0 Å². The van der Waals surface area contributed by atoms with E-state index in [1.807, 2.05) is 6.07 Å². The lowest BCUT2D eigenvalue weighted by Gasteiger charge is -2.39. The second-order valence-electron chi connectivity index (χ2n) is 7.75. The minimum atomic E-state index is -0.387. The molecule has 0 N–H and O–H groups in total. The zero-order valence-electron chi connectivity index (χ0n) is 17.3. The average Bonchev–Trinajstić information content (AvgIpc) is 2.80. The van der Waals surface area contributed by atoms with E-state index in [1.165, 1.54) is 23.3 Å². The highest BCUT2D eigenvalue weighted by molar-refractivity contribution is 5.85. The van der Waals surface area contributed by atoms with Crippen LogP contribution >= 0.6 is 12.4 Å². The largest absolute Gasteiger partial charge is 0.490 e. The van der Waals surface area contributed by atoms with Crippen LogP contribution in [0.4, 0.5) is 5.69 Å². The molecule has 1 aliphatic rings. The Morgan fingerprint density at radius 3 is 2.23 bits per heavy atom. The molecule has 2 unspecified atom stereocenters. The van der Waals surface area contributed by atoms with Crippen LogP contribution in [0.25, 0.3) is 0 Å². The van der Waals surface area contributed by atoms with Crippen LogP contribution in [0.1, 0.15) is 23.5 Å². The number of rotatable bonds is 7. The molecule has 1 fully saturated rings. The minimum Gasteiger partial charge on any atom is -0.490 e. The Hall–Kier alpha value is -2.89. The summed E-state index contributed by atoms with van der Waals surface area (Å²) in [6, 6.07) is 27.5. The van der Waals surface area contributed by atoms with E-state index >= 15 is 0 Å². The fraction of sp³-hybridized carbons (Fsp3) is 0.280. The predicted molar refractivity (Wildman–Crippen MR) is 125 cm³/mol. The van der Waals surface area contributed by atoms with E-state index in [9.17, 15) is 10.1 Å². The number of halogens is 1. The van der Waals surface area contributed by atoms with E-state index in [-0.39, 0.29) is 35.0 Å². The molecule has 0 saturated carbocycles. The second-order valence-corrected chi connectivity index (χ2v) is 7.75. The normalized spacial score (nSPS) is 18.7. The Morgan fingerprint density at radius 2 is 1.58 bits per heavy atom. The van der Waals surface area contributed by atoms with Crippen molar-refractivity contribution in [1.29, 1.82) is 0 Å². The highest BCUT2D eigenvalue weighted by atomic mass is 35.5. The molecule has 1 heterocycles. The number of nitro benzene ring substituents is 1. The number of piperidine rings is 1. The van der Waals surface area contributed by atoms with Crippen LogP contribution in [0.15, 0.2) is 84.9 Å². The van der Waals surface area contributed by atoms with Crippen LogP contribution in [0.2, 0.25) is 0 Å². The molecule has 4 rings (SSSR count). The maximum absolute atomic E-state index is 10.9. The van der Waals surface area contributed by atoms with Gasteiger partial charge in [-0.05, 0) is 36.1 Å². The zero-order valence-corrected chi connectivity index (χ0v) is 18.1. The van der Waals surface area contributed by atoms with Crippen LogP contribution in [-0.4, -0.2) is 35.6 Å². The molecule has 0 spiro atoms. The molecule has 0 bridgehead atoms. The number of non-ortho nitro benzene ring substituents is 1. The Bertz CT molecular complexity index is 952. The average molecular weight is 439 g/mol. The van der Waals surface area contributed by atoms with Crippen LogP contribution in [0.5, 0.6) is 5.75 Å². The van der Waals surface area contributed by atoms with Gasteiger partial charge in [-0.1, -0.05) is 60.7 Å². The molecule has 1 saturated heterocycles. The molecule has 162 valence electrons. The van der Waals surface area contributed by atoms with Gasteiger partial charge in [0.25, 0.3) is 5.69 Å². The molecule has 1 aliphatic heterocycles. The van der Waals surface area contributed by atoms with Gasteiger partial charge in [0.15, 0.2) is 0 Å². The maximum atomic E-state index is 10.9. The SMILES string of the molecule is Cl.O=[N+]([O-])c1ccc(OC2CCN(CCc3ccccc3)CC2c2ccccc2)cc1. The van der Waals surface area contributed by atoms with Crippen LogP contribution < -0.4 is 4.74 Å². The summed E-state index contributed by atoms with van der Waals surface area (Å²) in [5, 5.41) is 10.9. The van der Waals surface area contributed by atoms with Gasteiger partial charge in [-0.15, -0.1) is 12.4 Å². The lowest BCUT2D eigenvalue weighted by molar-refractivity contribution is -0.384. The second kappa shape index (κ2) is 10.9. The topological polar surface area (TPSA) is 55.6 Å². The van der Waals surface area contributed by atoms with Crippen LogP contribution in [-0.2, 0) is 6.42 Å². The van der Waals surface area contributed by atoms with Gasteiger partial charge in [0.1, 0.15) is 11.9 Å². The summed E-state index contributed by atoms with van der Waals surface area (Å²) in [6.45, 7) is 2.94. The number of benzene rings is 3. The molecule has 31 heavy (non-hydrogen) atoms. The summed E-state index contributed by atoms with van der Waals surface area (Å²) in [7, 11) is 0. The van der Waals surface area contributed by atoms with Gasteiger partial charge in [0.2, 0.25) is 0 Å². The van der Waals surface area contributed by atoms with E-state index in [0.29, 0.717) is 5.75 Å². The summed E-state index contributed by atoms with van der Waals surface area (Å²) < 4.78 is 6.32. The van der Waals surface area contributed by atoms with Crippen molar-refractivity contribution in [2.75, 3.05) is 19.6 Å². The van der Waals surface area contributed by atoms with Gasteiger partial charge in [0, 0.05) is 37.7 Å². The van der Waals surface area contributed by atoms with Crippen molar-refractivity contribution < 1.29 is 9.66 Å². The molecule has 5 nitrogen and oxygen atoms in total.